The summed E-state index contributed by atoms with van der Waals surface area (Å²) in [4.78, 5) is 0. The van der Waals surface area contributed by atoms with E-state index in [0.29, 0.717) is 57.8 Å². The van der Waals surface area contributed by atoms with E-state index in [9.17, 15) is 43.9 Å². The van der Waals surface area contributed by atoms with Crippen molar-refractivity contribution in [3.05, 3.63) is 245 Å². The van der Waals surface area contributed by atoms with Crippen LogP contribution in [0.15, 0.2) is 109 Å². The monoisotopic (exact) mass is 1770 g/mol. The molecule has 4 fully saturated rings. The van der Waals surface area contributed by atoms with Crippen LogP contribution in [0.5, 0.6) is 0 Å². The van der Waals surface area contributed by atoms with Crippen molar-refractivity contribution < 1.29 is 57.2 Å². The summed E-state index contributed by atoms with van der Waals surface area (Å²) in [5.41, 5.74) is 8.82. The predicted octanol–water partition coefficient (Wildman–Crippen LogP) is 28.3. The molecule has 0 aliphatic heterocycles. The molecule has 11 rings (SSSR count). The van der Waals surface area contributed by atoms with Gasteiger partial charge in [-0.2, -0.15) is 0 Å². The Morgan fingerprint density at radius 1 is 0.255 bits per heavy atom. The van der Waals surface area contributed by atoms with Gasteiger partial charge in [0.15, 0.2) is 11.6 Å². The fourth-order valence-corrected chi connectivity index (χ4v) is 13.0. The van der Waals surface area contributed by atoms with Crippen molar-refractivity contribution in [2.24, 2.45) is 47.3 Å². The number of hydrogen-bond acceptors (Lipinski definition) is 0. The molecule has 0 aromatic heterocycles. The van der Waals surface area contributed by atoms with Crippen molar-refractivity contribution >= 4 is 37.2 Å². The van der Waals surface area contributed by atoms with Crippen LogP contribution in [0.2, 0.25) is 0 Å². The van der Waals surface area contributed by atoms with Crippen molar-refractivity contribution in [3.8, 4) is 0 Å². The maximum absolute atomic E-state index is 12.6. The predicted molar refractivity (Wildman–Crippen MR) is 433 cm³/mol. The summed E-state index contributed by atoms with van der Waals surface area (Å²) in [6.07, 6.45) is 29.6. The molecule has 0 heterocycles. The first-order valence-corrected chi connectivity index (χ1v) is 47.8. The molecule has 0 amide bonds. The van der Waals surface area contributed by atoms with Crippen molar-refractivity contribution in [1.29, 1.82) is 0 Å². The summed E-state index contributed by atoms with van der Waals surface area (Å²) in [7, 11) is 0. The molecule has 0 N–H and O–H groups in total. The van der Waals surface area contributed by atoms with Gasteiger partial charge < -0.3 is 0 Å². The number of benzene rings is 7. The molecule has 0 spiro atoms. The Hall–Kier alpha value is -3.97. The fraction of sp³-hybridized carbons (Fsp3) is 0.528. The first-order valence-electron chi connectivity index (χ1n) is 35.2. The van der Waals surface area contributed by atoms with Gasteiger partial charge in [-0.05, 0) is 268 Å². The Labute approximate surface area is 644 Å². The normalized spacial score (nSPS) is 19.2. The topological polar surface area (TPSA) is 0 Å². The van der Waals surface area contributed by atoms with E-state index in [-0.39, 0.29) is 64.1 Å². The number of halogens is 13. The van der Waals surface area contributed by atoms with Crippen LogP contribution in [0.4, 0.5) is 43.9 Å². The van der Waals surface area contributed by atoms with Crippen LogP contribution < -0.4 is 13.3 Å². The second-order valence-corrected chi connectivity index (χ2v) is 45.1. The standard InChI is InChI=1S/C29H52.4C8H8F2.2C8H9F.C8H10.4CH4.I3/c1-22-3-7-24(8-4-22)19-26-11-15-28(16-12-26)21-29-17-13-27(14-18-29)20-25-9-5-23(2)6-10-25;1-5-3-8(10)6(2)4-7(5)9;2*1-5-3-7(9)6(2)8(10)4-5;1-5-3-4-6(2)8(10)7(5)9;2*1-6-3-4-7(2)8(9)5-6;1-7-3-5-8(2)6-4-7;;;;;1-3-2/h22-29H,3-21H2,1-2H3;4*3-4H,1-2H3;2*3-5H,1-2H3;3-6H,1-2H3;4*1H4;/q;;;;;;;;;;;;-1. The molecule has 0 saturated heterocycles. The molecule has 0 radical (unpaired) electrons. The fourth-order valence-electron chi connectivity index (χ4n) is 13.0. The minimum atomic E-state index is -0.736. The summed E-state index contributed by atoms with van der Waals surface area (Å²) >= 11 is 5.30. The Morgan fingerprint density at radius 2 is 0.441 bits per heavy atom. The van der Waals surface area contributed by atoms with E-state index in [1.165, 1.54) is 127 Å². The van der Waals surface area contributed by atoms with E-state index in [1.807, 2.05) is 26.0 Å². The molecule has 0 bridgehead atoms. The third-order valence-corrected chi connectivity index (χ3v) is 19.8. The van der Waals surface area contributed by atoms with Crippen LogP contribution >= 0.6 is 37.2 Å². The van der Waals surface area contributed by atoms with Gasteiger partial charge in [0.1, 0.15) is 46.5 Å². The molecule has 7 aromatic rings. The van der Waals surface area contributed by atoms with Crippen molar-refractivity contribution in [2.45, 2.75) is 262 Å². The molecule has 4 aliphatic rings. The van der Waals surface area contributed by atoms with Gasteiger partial charge in [-0.3, -0.25) is 0 Å². The number of rotatable bonds is 6. The minimum absolute atomic E-state index is 0. The van der Waals surface area contributed by atoms with Gasteiger partial charge in [0.05, 0.1) is 0 Å². The molecule has 0 nitrogen and oxygen atoms in total. The van der Waals surface area contributed by atoms with E-state index in [2.05, 4.69) is 89.2 Å². The molecule has 102 heavy (non-hydrogen) atoms. The van der Waals surface area contributed by atoms with E-state index in [1.54, 1.807) is 148 Å². The molecule has 0 unspecified atom stereocenters. The first kappa shape index (κ1) is 100. The van der Waals surface area contributed by atoms with E-state index < -0.39 is 34.9 Å². The average Bonchev–Trinajstić information content (AvgIpc) is 0.868. The quantitative estimate of drug-likeness (QED) is 0.115. The summed E-state index contributed by atoms with van der Waals surface area (Å²) in [5.74, 6) is 4.31. The van der Waals surface area contributed by atoms with Crippen LogP contribution in [0.1, 0.15) is 243 Å². The van der Waals surface area contributed by atoms with Crippen LogP contribution in [-0.4, -0.2) is 0 Å². The molecule has 4 aliphatic carbocycles. The zero-order chi connectivity index (χ0) is 73.3. The Morgan fingerprint density at radius 3 is 0.657 bits per heavy atom. The number of hydrogen-bond donors (Lipinski definition) is 0. The van der Waals surface area contributed by atoms with Crippen LogP contribution in [0, 0.1) is 202 Å². The van der Waals surface area contributed by atoms with Gasteiger partial charge in [-0.1, -0.05) is 218 Å². The van der Waals surface area contributed by atoms with Gasteiger partial charge in [0.2, 0.25) is 0 Å². The summed E-state index contributed by atoms with van der Waals surface area (Å²) in [6.45, 7) is 28.7. The second-order valence-electron chi connectivity index (χ2n) is 28.8. The maximum atomic E-state index is 12.6. The molecule has 7 aromatic carbocycles. The van der Waals surface area contributed by atoms with Crippen molar-refractivity contribution in [2.75, 3.05) is 0 Å². The molecule has 13 heteroatoms. The van der Waals surface area contributed by atoms with E-state index in [0.717, 1.165) is 58.5 Å². The SMILES string of the molecule is C.C.C.C.CC1CCC(CC2CCC(CC3CCC(CC4CCC(C)CC4)CC3)CC2)CC1.Cc1cc(F)c(C)c(F)c1.Cc1cc(F)c(C)c(F)c1.Cc1cc(F)c(C)cc1F.Cc1ccc(C)c(F)c1.Cc1ccc(C)c(F)c1.Cc1ccc(C)c(F)c1F.Cc1ccc(C)cc1.I[I-]I. The first-order chi connectivity index (χ1) is 46.2. The van der Waals surface area contributed by atoms with E-state index in [4.69, 9.17) is 0 Å². The van der Waals surface area contributed by atoms with Crippen LogP contribution in [0.3, 0.4) is 0 Å². The third kappa shape index (κ3) is 39.0. The van der Waals surface area contributed by atoms with Gasteiger partial charge in [-0.15, -0.1) is 0 Å². The average molecular weight is 1770 g/mol. The molecule has 576 valence electrons. The summed E-state index contributed by atoms with van der Waals surface area (Å²) in [5, 5.41) is 0. The molecular formula is C89H128F10I3-. The Kier molecular flexibility index (Phi) is 51.9. The molecule has 4 saturated carbocycles. The zero-order valence-corrected chi connectivity index (χ0v) is 67.8. The second kappa shape index (κ2) is 52.9. The summed E-state index contributed by atoms with van der Waals surface area (Å²) in [6, 6.07) is 29.7. The van der Waals surface area contributed by atoms with Gasteiger partial charge in [0.25, 0.3) is 0 Å². The van der Waals surface area contributed by atoms with Crippen molar-refractivity contribution in [1.82, 2.24) is 0 Å². The van der Waals surface area contributed by atoms with Crippen LogP contribution in [0.25, 0.3) is 0 Å². The Balaban J connectivity index is 0. The third-order valence-electron chi connectivity index (χ3n) is 19.8. The Bertz CT molecular complexity index is 3130. The molecular weight excluding hydrogens is 1640 g/mol. The van der Waals surface area contributed by atoms with Crippen molar-refractivity contribution in [3.63, 3.8) is 0 Å². The van der Waals surface area contributed by atoms with E-state index >= 15 is 0 Å². The van der Waals surface area contributed by atoms with Gasteiger partial charge >= 0.3 is 50.5 Å². The van der Waals surface area contributed by atoms with Gasteiger partial charge in [0, 0.05) is 11.1 Å². The van der Waals surface area contributed by atoms with Gasteiger partial charge in [-0.25, -0.2) is 43.9 Å². The summed E-state index contributed by atoms with van der Waals surface area (Å²) < 4.78 is 126. The van der Waals surface area contributed by atoms with Crippen LogP contribution in [-0.2, 0) is 0 Å². The number of aryl methyl sites for hydroxylation is 12. The zero-order valence-electron chi connectivity index (χ0n) is 61.4. The molecule has 0 atom stereocenters.